The molecule has 114 valence electrons. The maximum Gasteiger partial charge on any atom is 0.161 e. The fraction of sp³-hybridized carbons (Fsp3) is 0.438. The SMILES string of the molecule is CCOc1ccc(C(Cc2nccs2)NC)cc1OCC. The Labute approximate surface area is 130 Å². The van der Waals surface area contributed by atoms with E-state index in [0.717, 1.165) is 22.9 Å². The minimum atomic E-state index is 0.214. The first-order valence-electron chi connectivity index (χ1n) is 7.23. The Balaban J connectivity index is 2.22. The topological polar surface area (TPSA) is 43.4 Å². The largest absolute Gasteiger partial charge is 0.490 e. The molecule has 1 aromatic carbocycles. The summed E-state index contributed by atoms with van der Waals surface area (Å²) in [6, 6.07) is 6.34. The summed E-state index contributed by atoms with van der Waals surface area (Å²) in [6.07, 6.45) is 2.71. The molecule has 1 unspecified atom stereocenters. The van der Waals surface area contributed by atoms with Gasteiger partial charge in [-0.15, -0.1) is 11.3 Å². The minimum Gasteiger partial charge on any atom is -0.490 e. The molecule has 0 aliphatic heterocycles. The maximum atomic E-state index is 5.69. The fourth-order valence-electron chi connectivity index (χ4n) is 2.20. The Morgan fingerprint density at radius 1 is 1.19 bits per heavy atom. The molecule has 1 aromatic heterocycles. The normalized spacial score (nSPS) is 12.1. The van der Waals surface area contributed by atoms with Crippen molar-refractivity contribution in [3.8, 4) is 11.5 Å². The molecule has 0 fully saturated rings. The molecular formula is C16H22N2O2S. The van der Waals surface area contributed by atoms with E-state index in [-0.39, 0.29) is 6.04 Å². The zero-order valence-electron chi connectivity index (χ0n) is 12.8. The molecule has 1 N–H and O–H groups in total. The van der Waals surface area contributed by atoms with Crippen molar-refractivity contribution < 1.29 is 9.47 Å². The molecule has 1 heterocycles. The number of rotatable bonds is 8. The molecular weight excluding hydrogens is 284 g/mol. The van der Waals surface area contributed by atoms with Gasteiger partial charge in [-0.1, -0.05) is 6.07 Å². The second-order valence-electron chi connectivity index (χ2n) is 4.54. The van der Waals surface area contributed by atoms with Gasteiger partial charge in [0.05, 0.1) is 18.2 Å². The molecule has 0 aliphatic carbocycles. The van der Waals surface area contributed by atoms with Crippen LogP contribution in [0, 0.1) is 0 Å². The van der Waals surface area contributed by atoms with E-state index in [9.17, 15) is 0 Å². The van der Waals surface area contributed by atoms with Gasteiger partial charge in [-0.2, -0.15) is 0 Å². The van der Waals surface area contributed by atoms with Gasteiger partial charge in [0, 0.05) is 24.0 Å². The van der Waals surface area contributed by atoms with Crippen LogP contribution in [-0.2, 0) is 6.42 Å². The molecule has 0 radical (unpaired) electrons. The molecule has 5 heteroatoms. The number of nitrogens with one attached hydrogen (secondary N) is 1. The van der Waals surface area contributed by atoms with E-state index < -0.39 is 0 Å². The van der Waals surface area contributed by atoms with Crippen LogP contribution in [-0.4, -0.2) is 25.2 Å². The standard InChI is InChI=1S/C16H22N2O2S/c1-4-19-14-7-6-12(10-15(14)20-5-2)13(17-3)11-16-18-8-9-21-16/h6-10,13,17H,4-5,11H2,1-3H3. The van der Waals surface area contributed by atoms with Crippen LogP contribution in [0.3, 0.4) is 0 Å². The van der Waals surface area contributed by atoms with Crippen molar-refractivity contribution in [2.45, 2.75) is 26.3 Å². The van der Waals surface area contributed by atoms with Gasteiger partial charge >= 0.3 is 0 Å². The molecule has 0 saturated carbocycles. The smallest absolute Gasteiger partial charge is 0.161 e. The van der Waals surface area contributed by atoms with E-state index in [0.29, 0.717) is 13.2 Å². The monoisotopic (exact) mass is 306 g/mol. The zero-order chi connectivity index (χ0) is 15.1. The number of aromatic nitrogens is 1. The Hall–Kier alpha value is -1.59. The predicted octanol–water partition coefficient (Wildman–Crippen LogP) is 3.44. The molecule has 0 aliphatic rings. The maximum absolute atomic E-state index is 5.69. The molecule has 0 spiro atoms. The Bertz CT molecular complexity index is 543. The van der Waals surface area contributed by atoms with E-state index in [1.165, 1.54) is 5.56 Å². The quantitative estimate of drug-likeness (QED) is 0.811. The van der Waals surface area contributed by atoms with E-state index in [4.69, 9.17) is 9.47 Å². The number of benzene rings is 1. The fourth-order valence-corrected chi connectivity index (χ4v) is 2.86. The number of ether oxygens (including phenoxy) is 2. The average Bonchev–Trinajstić information content (AvgIpc) is 3.00. The second-order valence-corrected chi connectivity index (χ2v) is 5.52. The van der Waals surface area contributed by atoms with Gasteiger partial charge in [-0.05, 0) is 38.6 Å². The lowest BCUT2D eigenvalue weighted by atomic mass is 10.0. The first-order valence-corrected chi connectivity index (χ1v) is 8.11. The van der Waals surface area contributed by atoms with Crippen molar-refractivity contribution in [3.05, 3.63) is 40.3 Å². The summed E-state index contributed by atoms with van der Waals surface area (Å²) in [7, 11) is 1.97. The highest BCUT2D eigenvalue weighted by Crippen LogP contribution is 2.31. The van der Waals surface area contributed by atoms with E-state index in [2.05, 4.69) is 22.4 Å². The van der Waals surface area contributed by atoms with Crippen LogP contribution >= 0.6 is 11.3 Å². The highest BCUT2D eigenvalue weighted by molar-refractivity contribution is 7.09. The summed E-state index contributed by atoms with van der Waals surface area (Å²) in [6.45, 7) is 5.21. The van der Waals surface area contributed by atoms with Gasteiger partial charge < -0.3 is 14.8 Å². The van der Waals surface area contributed by atoms with Crippen LogP contribution in [0.5, 0.6) is 11.5 Å². The molecule has 0 saturated heterocycles. The van der Waals surface area contributed by atoms with Crippen LogP contribution in [0.4, 0.5) is 0 Å². The molecule has 0 amide bonds. The molecule has 4 nitrogen and oxygen atoms in total. The second kappa shape index (κ2) is 8.00. The first kappa shape index (κ1) is 15.8. The van der Waals surface area contributed by atoms with Crippen molar-refractivity contribution in [1.82, 2.24) is 10.3 Å². The van der Waals surface area contributed by atoms with Crippen molar-refractivity contribution in [1.29, 1.82) is 0 Å². The molecule has 2 rings (SSSR count). The summed E-state index contributed by atoms with van der Waals surface area (Å²) in [5, 5.41) is 6.48. The Kier molecular flexibility index (Phi) is 6.02. The zero-order valence-corrected chi connectivity index (χ0v) is 13.6. The van der Waals surface area contributed by atoms with E-state index in [1.807, 2.05) is 38.5 Å². The van der Waals surface area contributed by atoms with Crippen molar-refractivity contribution in [2.24, 2.45) is 0 Å². The lowest BCUT2D eigenvalue weighted by molar-refractivity contribution is 0.287. The third-order valence-electron chi connectivity index (χ3n) is 3.18. The summed E-state index contributed by atoms with van der Waals surface area (Å²) in [5.41, 5.74) is 1.18. The number of hydrogen-bond acceptors (Lipinski definition) is 5. The highest BCUT2D eigenvalue weighted by Gasteiger charge is 2.15. The van der Waals surface area contributed by atoms with Gasteiger partial charge in [0.1, 0.15) is 0 Å². The Morgan fingerprint density at radius 3 is 2.57 bits per heavy atom. The van der Waals surface area contributed by atoms with Gasteiger partial charge in [0.15, 0.2) is 11.5 Å². The third kappa shape index (κ3) is 4.19. The summed E-state index contributed by atoms with van der Waals surface area (Å²) >= 11 is 1.68. The van der Waals surface area contributed by atoms with Crippen molar-refractivity contribution in [2.75, 3.05) is 20.3 Å². The van der Waals surface area contributed by atoms with Gasteiger partial charge in [-0.25, -0.2) is 4.98 Å². The van der Waals surface area contributed by atoms with Gasteiger partial charge in [0.2, 0.25) is 0 Å². The summed E-state index contributed by atoms with van der Waals surface area (Å²) < 4.78 is 11.3. The number of nitrogens with zero attached hydrogens (tertiary/aromatic N) is 1. The van der Waals surface area contributed by atoms with Gasteiger partial charge in [0.25, 0.3) is 0 Å². The molecule has 1 atom stereocenters. The number of likely N-dealkylation sites (N-methyl/N-ethyl adjacent to an activating group) is 1. The van der Waals surface area contributed by atoms with Crippen molar-refractivity contribution >= 4 is 11.3 Å². The Morgan fingerprint density at radius 2 is 1.95 bits per heavy atom. The van der Waals surface area contributed by atoms with Crippen LogP contribution in [0.2, 0.25) is 0 Å². The summed E-state index contributed by atoms with van der Waals surface area (Å²) in [4.78, 5) is 4.36. The lowest BCUT2D eigenvalue weighted by Crippen LogP contribution is -2.19. The van der Waals surface area contributed by atoms with Crippen LogP contribution < -0.4 is 14.8 Å². The number of thiazole rings is 1. The average molecular weight is 306 g/mol. The van der Waals surface area contributed by atoms with Crippen LogP contribution in [0.25, 0.3) is 0 Å². The van der Waals surface area contributed by atoms with Crippen LogP contribution in [0.15, 0.2) is 29.8 Å². The summed E-state index contributed by atoms with van der Waals surface area (Å²) in [5.74, 6) is 1.60. The molecule has 2 aromatic rings. The molecule has 21 heavy (non-hydrogen) atoms. The highest BCUT2D eigenvalue weighted by atomic mass is 32.1. The first-order chi connectivity index (χ1) is 10.3. The van der Waals surface area contributed by atoms with E-state index >= 15 is 0 Å². The molecule has 0 bridgehead atoms. The number of hydrogen-bond donors (Lipinski definition) is 1. The van der Waals surface area contributed by atoms with Crippen LogP contribution in [0.1, 0.15) is 30.5 Å². The van der Waals surface area contributed by atoms with Crippen molar-refractivity contribution in [3.63, 3.8) is 0 Å². The van der Waals surface area contributed by atoms with E-state index in [1.54, 1.807) is 11.3 Å². The minimum absolute atomic E-state index is 0.214. The predicted molar refractivity (Wildman–Crippen MR) is 86.4 cm³/mol. The van der Waals surface area contributed by atoms with Gasteiger partial charge in [-0.3, -0.25) is 0 Å². The lowest BCUT2D eigenvalue weighted by Gasteiger charge is -2.18. The third-order valence-corrected chi connectivity index (χ3v) is 3.98.